The first-order chi connectivity index (χ1) is 13.4. The average Bonchev–Trinajstić information content (AvgIpc) is 3.12. The third-order valence-electron chi connectivity index (χ3n) is 3.82. The van der Waals surface area contributed by atoms with Crippen molar-refractivity contribution in [1.82, 2.24) is 9.78 Å². The maximum atomic E-state index is 12.5. The number of aromatic nitrogens is 2. The van der Waals surface area contributed by atoms with Crippen LogP contribution in [0, 0.1) is 0 Å². The standard InChI is InChI=1S/C19H15BrClF2N3O2/c20-16-8-14(25-18(27)7-12-3-1-2-4-17(12)21)6-5-13(16)11-28-15-9-24-26(10-15)19(22)23/h1-6,8-10,19H,7,11H2,(H,25,27). The number of halogens is 4. The van der Waals surface area contributed by atoms with Gasteiger partial charge in [0.1, 0.15) is 6.61 Å². The second-order valence-corrected chi connectivity index (χ2v) is 7.11. The fourth-order valence-corrected chi connectivity index (χ4v) is 3.12. The van der Waals surface area contributed by atoms with Crippen LogP contribution < -0.4 is 10.1 Å². The predicted molar refractivity (Wildman–Crippen MR) is 106 cm³/mol. The fraction of sp³-hybridized carbons (Fsp3) is 0.158. The molecule has 28 heavy (non-hydrogen) atoms. The number of amides is 1. The van der Waals surface area contributed by atoms with Gasteiger partial charge in [0.2, 0.25) is 5.91 Å². The van der Waals surface area contributed by atoms with Gasteiger partial charge >= 0.3 is 6.55 Å². The number of carbonyl (C=O) groups excluding carboxylic acids is 1. The van der Waals surface area contributed by atoms with Gasteiger partial charge in [0.05, 0.1) is 18.8 Å². The summed E-state index contributed by atoms with van der Waals surface area (Å²) >= 11 is 9.50. The molecule has 0 saturated carbocycles. The van der Waals surface area contributed by atoms with Gasteiger partial charge in [0.25, 0.3) is 0 Å². The Bertz CT molecular complexity index is 981. The highest BCUT2D eigenvalue weighted by Gasteiger charge is 2.11. The fourth-order valence-electron chi connectivity index (χ4n) is 2.43. The lowest BCUT2D eigenvalue weighted by Gasteiger charge is -2.10. The van der Waals surface area contributed by atoms with E-state index in [0.717, 1.165) is 17.3 Å². The van der Waals surface area contributed by atoms with Crippen molar-refractivity contribution in [2.45, 2.75) is 19.6 Å². The van der Waals surface area contributed by atoms with Gasteiger partial charge in [-0.1, -0.05) is 51.8 Å². The van der Waals surface area contributed by atoms with Crippen molar-refractivity contribution >= 4 is 39.1 Å². The maximum absolute atomic E-state index is 12.5. The molecular weight excluding hydrogens is 456 g/mol. The zero-order valence-electron chi connectivity index (χ0n) is 14.4. The van der Waals surface area contributed by atoms with Gasteiger partial charge in [0.15, 0.2) is 5.75 Å². The van der Waals surface area contributed by atoms with Crippen LogP contribution in [0.3, 0.4) is 0 Å². The third kappa shape index (κ3) is 5.30. The average molecular weight is 471 g/mol. The molecule has 5 nitrogen and oxygen atoms in total. The summed E-state index contributed by atoms with van der Waals surface area (Å²) in [5.74, 6) is 0.0488. The Kier molecular flexibility index (Phi) is 6.64. The van der Waals surface area contributed by atoms with E-state index in [4.69, 9.17) is 16.3 Å². The molecule has 3 aromatic rings. The van der Waals surface area contributed by atoms with Crippen LogP contribution in [0.25, 0.3) is 0 Å². The molecule has 0 atom stereocenters. The van der Waals surface area contributed by atoms with Crippen LogP contribution in [0.2, 0.25) is 5.02 Å². The van der Waals surface area contributed by atoms with Crippen LogP contribution in [-0.4, -0.2) is 15.7 Å². The summed E-state index contributed by atoms with van der Waals surface area (Å²) in [5, 5.41) is 6.86. The molecule has 0 aliphatic heterocycles. The molecule has 1 N–H and O–H groups in total. The molecular formula is C19H15BrClF2N3O2. The summed E-state index contributed by atoms with van der Waals surface area (Å²) < 4.78 is 31.7. The number of hydrogen-bond donors (Lipinski definition) is 1. The Balaban J connectivity index is 1.58. The Labute approximate surface area is 173 Å². The molecule has 0 aliphatic carbocycles. The van der Waals surface area contributed by atoms with Crippen molar-refractivity contribution in [3.8, 4) is 5.75 Å². The van der Waals surface area contributed by atoms with Gasteiger partial charge in [-0.3, -0.25) is 4.79 Å². The first-order valence-electron chi connectivity index (χ1n) is 8.19. The summed E-state index contributed by atoms with van der Waals surface area (Å²) in [4.78, 5) is 12.2. The normalized spacial score (nSPS) is 10.9. The molecule has 1 amide bonds. The largest absolute Gasteiger partial charge is 0.486 e. The Hall–Kier alpha value is -2.45. The SMILES string of the molecule is O=C(Cc1ccccc1Cl)Nc1ccc(COc2cnn(C(F)F)c2)c(Br)c1. The molecule has 0 bridgehead atoms. The van der Waals surface area contributed by atoms with Crippen molar-refractivity contribution in [3.05, 3.63) is 75.5 Å². The number of anilines is 1. The number of carbonyl (C=O) groups is 1. The van der Waals surface area contributed by atoms with Gasteiger partial charge in [-0.15, -0.1) is 0 Å². The minimum atomic E-state index is -2.71. The molecule has 9 heteroatoms. The van der Waals surface area contributed by atoms with Gasteiger partial charge in [-0.05, 0) is 23.8 Å². The van der Waals surface area contributed by atoms with Crippen LogP contribution in [0.1, 0.15) is 17.7 Å². The number of hydrogen-bond acceptors (Lipinski definition) is 3. The smallest absolute Gasteiger partial charge is 0.333 e. The summed E-state index contributed by atoms with van der Waals surface area (Å²) in [6.07, 6.45) is 2.52. The molecule has 3 rings (SSSR count). The van der Waals surface area contributed by atoms with Crippen molar-refractivity contribution in [1.29, 1.82) is 0 Å². The van der Waals surface area contributed by atoms with E-state index in [1.54, 1.807) is 36.4 Å². The number of nitrogens with one attached hydrogen (secondary N) is 1. The molecule has 0 saturated heterocycles. The molecule has 0 unspecified atom stereocenters. The molecule has 1 aromatic heterocycles. The van der Waals surface area contributed by atoms with E-state index in [9.17, 15) is 13.6 Å². The summed E-state index contributed by atoms with van der Waals surface area (Å²) in [5.41, 5.74) is 2.14. The number of ether oxygens (including phenoxy) is 1. The lowest BCUT2D eigenvalue weighted by atomic mass is 10.1. The number of rotatable bonds is 7. The van der Waals surface area contributed by atoms with Crippen molar-refractivity contribution in [2.75, 3.05) is 5.32 Å². The highest BCUT2D eigenvalue weighted by Crippen LogP contribution is 2.24. The number of nitrogens with zero attached hydrogens (tertiary/aromatic N) is 2. The summed E-state index contributed by atoms with van der Waals surface area (Å²) in [6.45, 7) is -2.55. The topological polar surface area (TPSA) is 56.1 Å². The van der Waals surface area contributed by atoms with E-state index in [0.29, 0.717) is 19.9 Å². The highest BCUT2D eigenvalue weighted by atomic mass is 79.9. The van der Waals surface area contributed by atoms with Crippen LogP contribution in [0.4, 0.5) is 14.5 Å². The second-order valence-electron chi connectivity index (χ2n) is 5.84. The van der Waals surface area contributed by atoms with E-state index in [2.05, 4.69) is 26.3 Å². The second kappa shape index (κ2) is 9.16. The minimum Gasteiger partial charge on any atom is -0.486 e. The summed E-state index contributed by atoms with van der Waals surface area (Å²) in [6, 6.07) is 12.4. The lowest BCUT2D eigenvalue weighted by Crippen LogP contribution is -2.14. The number of alkyl halides is 2. The van der Waals surface area contributed by atoms with E-state index in [1.165, 1.54) is 6.20 Å². The molecule has 146 valence electrons. The molecule has 0 fully saturated rings. The van der Waals surface area contributed by atoms with Crippen LogP contribution in [-0.2, 0) is 17.8 Å². The first-order valence-corrected chi connectivity index (χ1v) is 9.36. The monoisotopic (exact) mass is 469 g/mol. The van der Waals surface area contributed by atoms with E-state index >= 15 is 0 Å². The van der Waals surface area contributed by atoms with Gasteiger partial charge < -0.3 is 10.1 Å². The number of benzene rings is 2. The van der Waals surface area contributed by atoms with E-state index in [1.807, 2.05) is 6.07 Å². The van der Waals surface area contributed by atoms with Gasteiger partial charge in [0, 0.05) is 20.7 Å². The zero-order valence-corrected chi connectivity index (χ0v) is 16.8. The quantitative estimate of drug-likeness (QED) is 0.499. The molecule has 0 aliphatic rings. The van der Waals surface area contributed by atoms with Gasteiger partial charge in [-0.25, -0.2) is 4.68 Å². The van der Waals surface area contributed by atoms with Gasteiger partial charge in [-0.2, -0.15) is 13.9 Å². The van der Waals surface area contributed by atoms with E-state index < -0.39 is 6.55 Å². The zero-order chi connectivity index (χ0) is 20.1. The van der Waals surface area contributed by atoms with E-state index in [-0.39, 0.29) is 24.7 Å². The van der Waals surface area contributed by atoms with Crippen LogP contribution in [0.15, 0.2) is 59.3 Å². The molecule has 2 aromatic carbocycles. The first kappa shape index (κ1) is 20.3. The van der Waals surface area contributed by atoms with Crippen LogP contribution in [0.5, 0.6) is 5.75 Å². The predicted octanol–water partition coefficient (Wildman–Crippen LogP) is 5.45. The molecule has 0 radical (unpaired) electrons. The maximum Gasteiger partial charge on any atom is 0.333 e. The lowest BCUT2D eigenvalue weighted by molar-refractivity contribution is -0.115. The molecule has 0 spiro atoms. The Morgan fingerprint density at radius 1 is 1.25 bits per heavy atom. The van der Waals surface area contributed by atoms with Crippen LogP contribution >= 0.6 is 27.5 Å². The Morgan fingerprint density at radius 2 is 2.04 bits per heavy atom. The summed E-state index contributed by atoms with van der Waals surface area (Å²) in [7, 11) is 0. The van der Waals surface area contributed by atoms with Crippen molar-refractivity contribution in [2.24, 2.45) is 0 Å². The van der Waals surface area contributed by atoms with Crippen molar-refractivity contribution in [3.63, 3.8) is 0 Å². The minimum absolute atomic E-state index is 0.156. The highest BCUT2D eigenvalue weighted by molar-refractivity contribution is 9.10. The van der Waals surface area contributed by atoms with Crippen molar-refractivity contribution < 1.29 is 18.3 Å². The molecule has 1 heterocycles. The Morgan fingerprint density at radius 3 is 2.71 bits per heavy atom. The third-order valence-corrected chi connectivity index (χ3v) is 4.92.